The van der Waals surface area contributed by atoms with Crippen molar-refractivity contribution in [3.8, 4) is 17.0 Å². The molecule has 198 valence electrons. The zero-order chi connectivity index (χ0) is 27.0. The monoisotopic (exact) mass is 602 g/mol. The molecule has 12 heteroatoms. The molecule has 1 aliphatic heterocycles. The molecule has 0 unspecified atom stereocenters. The first-order chi connectivity index (χ1) is 18.2. The van der Waals surface area contributed by atoms with E-state index in [0.29, 0.717) is 59.8 Å². The van der Waals surface area contributed by atoms with Gasteiger partial charge in [-0.15, -0.1) is 0 Å². The van der Waals surface area contributed by atoms with Crippen LogP contribution >= 0.6 is 27.5 Å². The van der Waals surface area contributed by atoms with Gasteiger partial charge in [-0.25, -0.2) is 23.8 Å². The minimum Gasteiger partial charge on any atom is -0.497 e. The van der Waals surface area contributed by atoms with Crippen LogP contribution in [0.3, 0.4) is 0 Å². The first-order valence-corrected chi connectivity index (χ1v) is 13.1. The highest BCUT2D eigenvalue weighted by atomic mass is 79.9. The maximum Gasteiger partial charge on any atom is 0.405 e. The summed E-state index contributed by atoms with van der Waals surface area (Å²) in [5, 5.41) is 16.5. The zero-order valence-corrected chi connectivity index (χ0v) is 23.1. The van der Waals surface area contributed by atoms with Crippen LogP contribution in [0.1, 0.15) is 25.3 Å². The van der Waals surface area contributed by atoms with Crippen LogP contribution < -0.4 is 15.0 Å². The van der Waals surface area contributed by atoms with Crippen molar-refractivity contribution in [3.05, 3.63) is 63.5 Å². The Labute approximate surface area is 231 Å². The molecule has 0 bridgehead atoms. The van der Waals surface area contributed by atoms with Crippen LogP contribution in [0.15, 0.2) is 47.1 Å². The number of amides is 1. The van der Waals surface area contributed by atoms with Gasteiger partial charge >= 0.3 is 6.09 Å². The van der Waals surface area contributed by atoms with Gasteiger partial charge in [0.25, 0.3) is 0 Å². The third-order valence-electron chi connectivity index (χ3n) is 6.78. The average molecular weight is 604 g/mol. The Kier molecular flexibility index (Phi) is 7.15. The molecule has 4 aromatic rings. The Bertz CT molecular complexity index is 1510. The van der Waals surface area contributed by atoms with E-state index in [1.54, 1.807) is 23.9 Å². The number of fused-ring (bicyclic) bond motifs is 1. The second kappa shape index (κ2) is 10.4. The number of halogens is 3. The van der Waals surface area contributed by atoms with Gasteiger partial charge in [0.05, 0.1) is 18.7 Å². The molecule has 0 saturated carbocycles. The summed E-state index contributed by atoms with van der Waals surface area (Å²) >= 11 is 9.64. The van der Waals surface area contributed by atoms with E-state index in [1.165, 1.54) is 6.07 Å². The molecule has 2 aromatic heterocycles. The van der Waals surface area contributed by atoms with E-state index < -0.39 is 17.4 Å². The van der Waals surface area contributed by atoms with Crippen LogP contribution in [-0.4, -0.2) is 56.7 Å². The number of benzene rings is 2. The fourth-order valence-corrected chi connectivity index (χ4v) is 5.32. The molecule has 0 aliphatic carbocycles. The van der Waals surface area contributed by atoms with E-state index in [0.717, 1.165) is 11.3 Å². The molecule has 2 aromatic carbocycles. The number of nitrogens with zero attached hydrogens (tertiary/aromatic N) is 5. The number of hydrogen-bond acceptors (Lipinski definition) is 6. The van der Waals surface area contributed by atoms with Crippen molar-refractivity contribution in [1.29, 1.82) is 0 Å². The highest BCUT2D eigenvalue weighted by Gasteiger charge is 2.33. The number of piperidine rings is 1. The molecule has 2 N–H and O–H groups in total. The minimum absolute atomic E-state index is 0.00432. The largest absolute Gasteiger partial charge is 0.497 e. The van der Waals surface area contributed by atoms with Gasteiger partial charge in [0.1, 0.15) is 21.6 Å². The fraction of sp³-hybridized carbons (Fsp3) is 0.308. The number of anilines is 1. The number of aromatic nitrogens is 4. The van der Waals surface area contributed by atoms with Crippen LogP contribution in [0.5, 0.6) is 5.75 Å². The van der Waals surface area contributed by atoms with Crippen LogP contribution in [0.2, 0.25) is 5.02 Å². The van der Waals surface area contributed by atoms with Crippen LogP contribution in [-0.2, 0) is 6.54 Å². The van der Waals surface area contributed by atoms with Gasteiger partial charge in [0, 0.05) is 24.2 Å². The van der Waals surface area contributed by atoms with E-state index in [2.05, 4.69) is 26.1 Å². The standard InChI is InChI=1S/C26H25BrClFN6O3/c1-26(32-25(36)37)10-12-34(13-11-26)24-22(27)30-21-20(17-4-3-5-18(28)19(17)29)33-35(23(21)31-24)14-15-6-8-16(38-2)9-7-15/h3-9,32H,10-14H2,1-2H3,(H,36,37). The molecule has 9 nitrogen and oxygen atoms in total. The molecule has 0 atom stereocenters. The lowest BCUT2D eigenvalue weighted by molar-refractivity contribution is 0.173. The van der Waals surface area contributed by atoms with Crippen molar-refractivity contribution < 1.29 is 19.0 Å². The van der Waals surface area contributed by atoms with E-state index in [1.807, 2.05) is 31.2 Å². The molecule has 38 heavy (non-hydrogen) atoms. The first kappa shape index (κ1) is 26.2. The summed E-state index contributed by atoms with van der Waals surface area (Å²) in [7, 11) is 1.61. The van der Waals surface area contributed by atoms with Gasteiger partial charge in [-0.3, -0.25) is 0 Å². The second-order valence-corrected chi connectivity index (χ2v) is 10.6. The van der Waals surface area contributed by atoms with Gasteiger partial charge in [-0.1, -0.05) is 29.8 Å². The van der Waals surface area contributed by atoms with Gasteiger partial charge in [0.2, 0.25) is 0 Å². The number of ether oxygens (including phenoxy) is 1. The SMILES string of the molecule is COc1ccc(Cn2nc(-c3cccc(Cl)c3F)c3nc(Br)c(N4CCC(C)(NC(=O)O)CC4)nc32)cc1. The number of carboxylic acid groups (broad SMARTS) is 1. The van der Waals surface area contributed by atoms with E-state index >= 15 is 4.39 Å². The van der Waals surface area contributed by atoms with Crippen LogP contribution in [0.4, 0.5) is 15.0 Å². The van der Waals surface area contributed by atoms with Crippen molar-refractivity contribution >= 4 is 50.6 Å². The summed E-state index contributed by atoms with van der Waals surface area (Å²) in [5.41, 5.74) is 1.94. The molecule has 1 fully saturated rings. The van der Waals surface area contributed by atoms with Crippen molar-refractivity contribution in [2.45, 2.75) is 31.8 Å². The van der Waals surface area contributed by atoms with E-state index in [4.69, 9.17) is 31.4 Å². The number of nitrogens with one attached hydrogen (secondary N) is 1. The highest BCUT2D eigenvalue weighted by molar-refractivity contribution is 9.10. The third kappa shape index (κ3) is 5.12. The van der Waals surface area contributed by atoms with Gasteiger partial charge < -0.3 is 20.1 Å². The summed E-state index contributed by atoms with van der Waals surface area (Å²) in [5.74, 6) is 0.776. The van der Waals surface area contributed by atoms with Gasteiger partial charge in [-0.2, -0.15) is 5.10 Å². The second-order valence-electron chi connectivity index (χ2n) is 9.44. The minimum atomic E-state index is -1.04. The van der Waals surface area contributed by atoms with E-state index in [9.17, 15) is 9.90 Å². The molecule has 0 spiro atoms. The zero-order valence-electron chi connectivity index (χ0n) is 20.7. The molecule has 5 rings (SSSR count). The maximum atomic E-state index is 15.1. The van der Waals surface area contributed by atoms with Gasteiger partial charge in [-0.05, 0) is 65.5 Å². The molecular formula is C26H25BrClFN6O3. The number of carbonyl (C=O) groups is 1. The Balaban J connectivity index is 1.57. The predicted molar refractivity (Wildman–Crippen MR) is 147 cm³/mol. The Morgan fingerprint density at radius 1 is 1.21 bits per heavy atom. The first-order valence-electron chi connectivity index (χ1n) is 11.9. The molecule has 3 heterocycles. The van der Waals surface area contributed by atoms with Crippen molar-refractivity contribution in [2.75, 3.05) is 25.1 Å². The van der Waals surface area contributed by atoms with Crippen molar-refractivity contribution in [1.82, 2.24) is 25.1 Å². The molecule has 1 amide bonds. The van der Waals surface area contributed by atoms with Crippen molar-refractivity contribution in [2.24, 2.45) is 0 Å². The molecule has 0 radical (unpaired) electrons. The Morgan fingerprint density at radius 3 is 2.58 bits per heavy atom. The molecular weight excluding hydrogens is 579 g/mol. The summed E-state index contributed by atoms with van der Waals surface area (Å²) in [6.45, 7) is 3.44. The highest BCUT2D eigenvalue weighted by Crippen LogP contribution is 2.35. The third-order valence-corrected chi connectivity index (χ3v) is 7.60. The van der Waals surface area contributed by atoms with Crippen LogP contribution in [0.25, 0.3) is 22.4 Å². The number of hydrogen-bond donors (Lipinski definition) is 2. The lowest BCUT2D eigenvalue weighted by Crippen LogP contribution is -2.53. The lowest BCUT2D eigenvalue weighted by Gasteiger charge is -2.39. The van der Waals surface area contributed by atoms with Gasteiger partial charge in [0.15, 0.2) is 17.3 Å². The normalized spacial score (nSPS) is 15.0. The maximum absolute atomic E-state index is 15.1. The van der Waals surface area contributed by atoms with E-state index in [-0.39, 0.29) is 10.6 Å². The smallest absolute Gasteiger partial charge is 0.405 e. The predicted octanol–water partition coefficient (Wildman–Crippen LogP) is 5.73. The number of rotatable bonds is 6. The number of methoxy groups -OCH3 is 1. The molecule has 1 aliphatic rings. The summed E-state index contributed by atoms with van der Waals surface area (Å²) in [6, 6.07) is 12.4. The Hall–Kier alpha value is -3.44. The summed E-state index contributed by atoms with van der Waals surface area (Å²) in [6.07, 6.45) is 0.178. The van der Waals surface area contributed by atoms with Crippen molar-refractivity contribution in [3.63, 3.8) is 0 Å². The molecule has 1 saturated heterocycles. The fourth-order valence-electron chi connectivity index (χ4n) is 4.63. The average Bonchev–Trinajstić information content (AvgIpc) is 3.22. The lowest BCUT2D eigenvalue weighted by atomic mass is 9.90. The summed E-state index contributed by atoms with van der Waals surface area (Å²) in [4.78, 5) is 23.0. The quantitative estimate of drug-likeness (QED) is 0.290. The van der Waals surface area contributed by atoms with Crippen LogP contribution in [0, 0.1) is 5.82 Å². The summed E-state index contributed by atoms with van der Waals surface area (Å²) < 4.78 is 22.5. The Morgan fingerprint density at radius 2 is 1.92 bits per heavy atom. The topological polar surface area (TPSA) is 105 Å².